The first-order chi connectivity index (χ1) is 10.5. The number of nitrogens with zero attached hydrogens (tertiary/aromatic N) is 1. The highest BCUT2D eigenvalue weighted by atomic mass is 32.2. The first kappa shape index (κ1) is 15.5. The molecular weight excluding hydrogens is 322 g/mol. The molecule has 0 spiro atoms. The van der Waals surface area contributed by atoms with E-state index in [1.54, 1.807) is 11.4 Å². The molecule has 2 aromatic rings. The zero-order chi connectivity index (χ0) is 15.7. The van der Waals surface area contributed by atoms with Gasteiger partial charge in [0.05, 0.1) is 6.42 Å². The molecule has 22 heavy (non-hydrogen) atoms. The molecular formula is C15H17NO4S2. The third-order valence-corrected chi connectivity index (χ3v) is 7.12. The second-order valence-electron chi connectivity index (χ2n) is 5.46. The van der Waals surface area contributed by atoms with Crippen LogP contribution in [-0.2, 0) is 14.8 Å². The van der Waals surface area contributed by atoms with Crippen molar-refractivity contribution in [2.24, 2.45) is 0 Å². The molecule has 1 aromatic heterocycles. The van der Waals surface area contributed by atoms with Gasteiger partial charge in [0, 0.05) is 28.1 Å². The van der Waals surface area contributed by atoms with Crippen LogP contribution in [0.2, 0.25) is 0 Å². The number of rotatable bonds is 4. The van der Waals surface area contributed by atoms with Gasteiger partial charge in [-0.2, -0.15) is 4.31 Å². The van der Waals surface area contributed by atoms with Crippen LogP contribution in [0.3, 0.4) is 0 Å². The summed E-state index contributed by atoms with van der Waals surface area (Å²) in [5, 5.41) is 11.4. The van der Waals surface area contributed by atoms with Gasteiger partial charge in [0.15, 0.2) is 0 Å². The maximum Gasteiger partial charge on any atom is 0.304 e. The van der Waals surface area contributed by atoms with Crippen LogP contribution in [0.1, 0.15) is 25.7 Å². The van der Waals surface area contributed by atoms with Gasteiger partial charge in [0.1, 0.15) is 4.90 Å². The fraction of sp³-hybridized carbons (Fsp3) is 0.400. The minimum Gasteiger partial charge on any atom is -0.481 e. The summed E-state index contributed by atoms with van der Waals surface area (Å²) in [7, 11) is -3.66. The summed E-state index contributed by atoms with van der Waals surface area (Å²) in [4.78, 5) is 11.3. The van der Waals surface area contributed by atoms with Gasteiger partial charge in [-0.1, -0.05) is 24.6 Å². The maximum absolute atomic E-state index is 13.0. The number of hydrogen-bond acceptors (Lipinski definition) is 4. The van der Waals surface area contributed by atoms with E-state index in [0.29, 0.717) is 23.2 Å². The molecule has 0 radical (unpaired) electrons. The average molecular weight is 339 g/mol. The first-order valence-electron chi connectivity index (χ1n) is 7.20. The highest BCUT2D eigenvalue weighted by molar-refractivity contribution is 7.89. The van der Waals surface area contributed by atoms with E-state index >= 15 is 0 Å². The van der Waals surface area contributed by atoms with E-state index in [9.17, 15) is 13.2 Å². The molecule has 1 aliphatic heterocycles. The molecule has 2 heterocycles. The quantitative estimate of drug-likeness (QED) is 0.929. The molecule has 1 aromatic carbocycles. The molecule has 1 aliphatic rings. The van der Waals surface area contributed by atoms with Crippen LogP contribution in [0, 0.1) is 0 Å². The topological polar surface area (TPSA) is 74.7 Å². The molecule has 1 N–H and O–H groups in total. The van der Waals surface area contributed by atoms with Crippen molar-refractivity contribution in [3.63, 3.8) is 0 Å². The monoisotopic (exact) mass is 339 g/mol. The maximum atomic E-state index is 13.0. The molecule has 0 aliphatic carbocycles. The number of sulfonamides is 1. The predicted molar refractivity (Wildman–Crippen MR) is 85.6 cm³/mol. The lowest BCUT2D eigenvalue weighted by Gasteiger charge is -2.33. The van der Waals surface area contributed by atoms with Crippen LogP contribution in [0.25, 0.3) is 10.1 Å². The molecule has 1 atom stereocenters. The van der Waals surface area contributed by atoms with Gasteiger partial charge >= 0.3 is 5.97 Å². The summed E-state index contributed by atoms with van der Waals surface area (Å²) >= 11 is 1.40. The average Bonchev–Trinajstić information content (AvgIpc) is 2.91. The largest absolute Gasteiger partial charge is 0.481 e. The Morgan fingerprint density at radius 1 is 1.32 bits per heavy atom. The number of carbonyl (C=O) groups is 1. The smallest absolute Gasteiger partial charge is 0.304 e. The van der Waals surface area contributed by atoms with Crippen LogP contribution in [0.15, 0.2) is 34.5 Å². The Morgan fingerprint density at radius 3 is 2.86 bits per heavy atom. The number of thiophene rings is 1. The molecule has 118 valence electrons. The first-order valence-corrected chi connectivity index (χ1v) is 9.52. The second kappa shape index (κ2) is 5.98. The Morgan fingerprint density at radius 2 is 2.09 bits per heavy atom. The predicted octanol–water partition coefficient (Wildman–Crippen LogP) is 2.92. The van der Waals surface area contributed by atoms with E-state index in [1.165, 1.54) is 15.6 Å². The van der Waals surface area contributed by atoms with Gasteiger partial charge in [-0.05, 0) is 18.9 Å². The van der Waals surface area contributed by atoms with Crippen molar-refractivity contribution < 1.29 is 18.3 Å². The van der Waals surface area contributed by atoms with Crippen LogP contribution in [-0.4, -0.2) is 36.4 Å². The fourth-order valence-electron chi connectivity index (χ4n) is 2.98. The highest BCUT2D eigenvalue weighted by Crippen LogP contribution is 2.34. The van der Waals surface area contributed by atoms with Crippen molar-refractivity contribution in [3.05, 3.63) is 29.6 Å². The number of fused-ring (bicyclic) bond motifs is 1. The summed E-state index contributed by atoms with van der Waals surface area (Å²) < 4.78 is 28.3. The number of piperidine rings is 1. The van der Waals surface area contributed by atoms with Gasteiger partial charge in [0.2, 0.25) is 10.0 Å². The van der Waals surface area contributed by atoms with E-state index in [1.807, 2.05) is 18.2 Å². The van der Waals surface area contributed by atoms with Crippen molar-refractivity contribution in [1.82, 2.24) is 4.31 Å². The van der Waals surface area contributed by atoms with Crippen LogP contribution in [0.4, 0.5) is 0 Å². The summed E-state index contributed by atoms with van der Waals surface area (Å²) in [6.07, 6.45) is 2.11. The summed E-state index contributed by atoms with van der Waals surface area (Å²) in [5.41, 5.74) is 0. The molecule has 0 amide bonds. The Balaban J connectivity index is 2.02. The normalized spacial score (nSPS) is 20.3. The van der Waals surface area contributed by atoms with E-state index in [0.717, 1.165) is 17.5 Å². The second-order valence-corrected chi connectivity index (χ2v) is 8.23. The summed E-state index contributed by atoms with van der Waals surface area (Å²) in [5.74, 6) is -0.956. The standard InChI is InChI=1S/C15H17NO4S2/c17-15(18)9-11-5-3-4-8-16(11)22(19,20)14-10-21-13-7-2-1-6-12(13)14/h1-2,6-7,10-11H,3-5,8-9H2,(H,17,18). The van der Waals surface area contributed by atoms with Crippen LogP contribution < -0.4 is 0 Å². The van der Waals surface area contributed by atoms with Crippen molar-refractivity contribution >= 4 is 37.4 Å². The summed E-state index contributed by atoms with van der Waals surface area (Å²) in [6.45, 7) is 0.393. The third kappa shape index (κ3) is 2.76. The number of benzene rings is 1. The Labute approximate surface area is 133 Å². The van der Waals surface area contributed by atoms with Crippen molar-refractivity contribution in [2.75, 3.05) is 6.54 Å². The molecule has 1 unspecified atom stereocenters. The summed E-state index contributed by atoms with van der Waals surface area (Å²) in [6, 6.07) is 6.94. The molecule has 5 nitrogen and oxygen atoms in total. The third-order valence-electron chi connectivity index (χ3n) is 4.02. The molecule has 1 saturated heterocycles. The van der Waals surface area contributed by atoms with E-state index in [-0.39, 0.29) is 6.42 Å². The highest BCUT2D eigenvalue weighted by Gasteiger charge is 2.35. The van der Waals surface area contributed by atoms with Gasteiger partial charge in [-0.15, -0.1) is 11.3 Å². The Kier molecular flexibility index (Phi) is 4.20. The van der Waals surface area contributed by atoms with Gasteiger partial charge in [0.25, 0.3) is 0 Å². The minimum atomic E-state index is -3.66. The molecule has 0 saturated carbocycles. The molecule has 3 rings (SSSR count). The molecule has 1 fully saturated rings. The minimum absolute atomic E-state index is 0.138. The lowest BCUT2D eigenvalue weighted by Crippen LogP contribution is -2.44. The number of hydrogen-bond donors (Lipinski definition) is 1. The Hall–Kier alpha value is -1.44. The Bertz CT molecular complexity index is 797. The number of carboxylic acid groups (broad SMARTS) is 1. The van der Waals surface area contributed by atoms with Crippen molar-refractivity contribution in [2.45, 2.75) is 36.6 Å². The van der Waals surface area contributed by atoms with Crippen LogP contribution >= 0.6 is 11.3 Å². The van der Waals surface area contributed by atoms with E-state index < -0.39 is 22.0 Å². The zero-order valence-corrected chi connectivity index (χ0v) is 13.6. The molecule has 0 bridgehead atoms. The van der Waals surface area contributed by atoms with Gasteiger partial charge < -0.3 is 5.11 Å². The lowest BCUT2D eigenvalue weighted by atomic mass is 10.0. The van der Waals surface area contributed by atoms with Crippen molar-refractivity contribution in [3.8, 4) is 0 Å². The van der Waals surface area contributed by atoms with Gasteiger partial charge in [-0.3, -0.25) is 4.79 Å². The number of carboxylic acids is 1. The number of aliphatic carboxylic acids is 1. The zero-order valence-electron chi connectivity index (χ0n) is 11.9. The molecule has 7 heteroatoms. The van der Waals surface area contributed by atoms with E-state index in [2.05, 4.69) is 0 Å². The SMILES string of the molecule is O=C(O)CC1CCCCN1S(=O)(=O)c1csc2ccccc12. The van der Waals surface area contributed by atoms with E-state index in [4.69, 9.17) is 5.11 Å². The fourth-order valence-corrected chi connectivity index (χ4v) is 6.14. The van der Waals surface area contributed by atoms with Crippen LogP contribution in [0.5, 0.6) is 0 Å². The lowest BCUT2D eigenvalue weighted by molar-refractivity contribution is -0.138. The van der Waals surface area contributed by atoms with Gasteiger partial charge in [-0.25, -0.2) is 8.42 Å². The van der Waals surface area contributed by atoms with Crippen molar-refractivity contribution in [1.29, 1.82) is 0 Å².